The fourth-order valence-corrected chi connectivity index (χ4v) is 3.85. The zero-order chi connectivity index (χ0) is 18.4. The Morgan fingerprint density at radius 3 is 2.54 bits per heavy atom. The van der Waals surface area contributed by atoms with Crippen LogP contribution >= 0.6 is 0 Å². The molecule has 144 valence electrons. The van der Waals surface area contributed by atoms with Gasteiger partial charge in [-0.1, -0.05) is 12.1 Å². The zero-order valence-corrected chi connectivity index (χ0v) is 16.2. The average molecular weight is 360 g/mol. The van der Waals surface area contributed by atoms with Gasteiger partial charge in [0.15, 0.2) is 0 Å². The molecule has 1 saturated heterocycles. The third-order valence-electron chi connectivity index (χ3n) is 5.50. The maximum Gasteiger partial charge on any atom is 0.224 e. The maximum atomic E-state index is 11.9. The first-order valence-corrected chi connectivity index (χ1v) is 9.85. The molecule has 1 saturated carbocycles. The molecular formula is C21H32N2O3. The molecule has 0 N–H and O–H groups in total. The fourth-order valence-electron chi connectivity index (χ4n) is 3.85. The number of amides is 1. The summed E-state index contributed by atoms with van der Waals surface area (Å²) in [6.07, 6.45) is 5.46. The molecule has 1 aliphatic heterocycles. The molecule has 0 spiro atoms. The molecule has 1 aromatic carbocycles. The minimum atomic E-state index is 0.157. The molecule has 3 rings (SSSR count). The summed E-state index contributed by atoms with van der Waals surface area (Å²) in [4.78, 5) is 16.3. The molecule has 5 heteroatoms. The largest absolute Gasteiger partial charge is 0.490 e. The Kier molecular flexibility index (Phi) is 6.92. The van der Waals surface area contributed by atoms with Crippen LogP contribution in [0.25, 0.3) is 0 Å². The number of hydrogen-bond acceptors (Lipinski definition) is 4. The maximum absolute atomic E-state index is 11.9. The summed E-state index contributed by atoms with van der Waals surface area (Å²) in [5.41, 5.74) is 1.36. The first-order chi connectivity index (χ1) is 12.6. The highest BCUT2D eigenvalue weighted by atomic mass is 16.5. The first-order valence-electron chi connectivity index (χ1n) is 9.85. The van der Waals surface area contributed by atoms with Crippen LogP contribution < -0.4 is 4.74 Å². The van der Waals surface area contributed by atoms with Gasteiger partial charge in [-0.05, 0) is 62.4 Å². The predicted molar refractivity (Wildman–Crippen MR) is 102 cm³/mol. The van der Waals surface area contributed by atoms with Crippen molar-refractivity contribution >= 4 is 5.91 Å². The van der Waals surface area contributed by atoms with Gasteiger partial charge >= 0.3 is 0 Å². The number of carbonyl (C=O) groups excluding carboxylic acids is 1. The van der Waals surface area contributed by atoms with E-state index in [0.29, 0.717) is 18.9 Å². The number of likely N-dealkylation sites (tertiary alicyclic amines) is 1. The van der Waals surface area contributed by atoms with Crippen LogP contribution in [0.1, 0.15) is 37.7 Å². The van der Waals surface area contributed by atoms with E-state index in [1.165, 1.54) is 31.5 Å². The summed E-state index contributed by atoms with van der Waals surface area (Å²) in [5.74, 6) is 1.67. The third kappa shape index (κ3) is 5.45. The van der Waals surface area contributed by atoms with Gasteiger partial charge in [-0.15, -0.1) is 0 Å². The van der Waals surface area contributed by atoms with E-state index in [1.54, 1.807) is 7.11 Å². The Bertz CT molecular complexity index is 563. The number of benzene rings is 1. The molecule has 0 atom stereocenters. The number of ether oxygens (including phenoxy) is 2. The van der Waals surface area contributed by atoms with E-state index in [2.05, 4.69) is 29.2 Å². The summed E-state index contributed by atoms with van der Waals surface area (Å²) in [6.45, 7) is 4.81. The molecule has 1 heterocycles. The van der Waals surface area contributed by atoms with E-state index >= 15 is 0 Å². The van der Waals surface area contributed by atoms with Crippen LogP contribution in [0.2, 0.25) is 0 Å². The Hall–Kier alpha value is -1.59. The van der Waals surface area contributed by atoms with Crippen molar-refractivity contribution in [3.63, 3.8) is 0 Å². The van der Waals surface area contributed by atoms with Crippen molar-refractivity contribution in [3.8, 4) is 5.75 Å². The molecule has 0 bridgehead atoms. The first kappa shape index (κ1) is 19.2. The van der Waals surface area contributed by atoms with Crippen LogP contribution in [-0.2, 0) is 16.1 Å². The van der Waals surface area contributed by atoms with E-state index in [-0.39, 0.29) is 12.0 Å². The van der Waals surface area contributed by atoms with Crippen molar-refractivity contribution in [2.75, 3.05) is 40.4 Å². The lowest BCUT2D eigenvalue weighted by molar-refractivity contribution is -0.132. The van der Waals surface area contributed by atoms with Gasteiger partial charge in [-0.25, -0.2) is 0 Å². The summed E-state index contributed by atoms with van der Waals surface area (Å²) in [6, 6.07) is 8.57. The van der Waals surface area contributed by atoms with Gasteiger partial charge in [0.1, 0.15) is 5.75 Å². The second-order valence-electron chi connectivity index (χ2n) is 7.72. The lowest BCUT2D eigenvalue weighted by Crippen LogP contribution is -2.42. The van der Waals surface area contributed by atoms with Crippen LogP contribution in [0.15, 0.2) is 24.3 Å². The van der Waals surface area contributed by atoms with Gasteiger partial charge < -0.3 is 14.4 Å². The SMILES string of the molecule is COCCC(=O)N(C)CC1CC(Oc2ccc(CN3CCCC3)cc2)C1. The Morgan fingerprint density at radius 2 is 1.88 bits per heavy atom. The highest BCUT2D eigenvalue weighted by Crippen LogP contribution is 2.32. The fraction of sp³-hybridized carbons (Fsp3) is 0.667. The molecule has 0 aromatic heterocycles. The minimum Gasteiger partial charge on any atom is -0.490 e. The Morgan fingerprint density at radius 1 is 1.19 bits per heavy atom. The molecule has 2 aliphatic rings. The van der Waals surface area contributed by atoms with Crippen molar-refractivity contribution in [3.05, 3.63) is 29.8 Å². The molecule has 5 nitrogen and oxygen atoms in total. The van der Waals surface area contributed by atoms with E-state index in [9.17, 15) is 4.79 Å². The van der Waals surface area contributed by atoms with Crippen LogP contribution in [0.3, 0.4) is 0 Å². The van der Waals surface area contributed by atoms with Gasteiger partial charge in [0.25, 0.3) is 0 Å². The molecule has 1 aliphatic carbocycles. The third-order valence-corrected chi connectivity index (χ3v) is 5.50. The minimum absolute atomic E-state index is 0.157. The summed E-state index contributed by atoms with van der Waals surface area (Å²) >= 11 is 0. The van der Waals surface area contributed by atoms with E-state index in [1.807, 2.05) is 11.9 Å². The second kappa shape index (κ2) is 9.38. The lowest BCUT2D eigenvalue weighted by atomic mass is 9.82. The highest BCUT2D eigenvalue weighted by Gasteiger charge is 2.32. The highest BCUT2D eigenvalue weighted by molar-refractivity contribution is 5.75. The van der Waals surface area contributed by atoms with Gasteiger partial charge in [0.2, 0.25) is 5.91 Å². The summed E-state index contributed by atoms with van der Waals surface area (Å²) < 4.78 is 11.0. The van der Waals surface area contributed by atoms with Crippen molar-refractivity contribution in [1.82, 2.24) is 9.80 Å². The standard InChI is InChI=1S/C21H32N2O3/c1-22(21(24)9-12-25-2)15-18-13-20(14-18)26-19-7-5-17(6-8-19)16-23-10-3-4-11-23/h5-8,18,20H,3-4,9-16H2,1-2H3. The van der Waals surface area contributed by atoms with Crippen LogP contribution in [0.5, 0.6) is 5.75 Å². The summed E-state index contributed by atoms with van der Waals surface area (Å²) in [5, 5.41) is 0. The monoisotopic (exact) mass is 360 g/mol. The topological polar surface area (TPSA) is 42.0 Å². The lowest BCUT2D eigenvalue weighted by Gasteiger charge is -2.37. The smallest absolute Gasteiger partial charge is 0.224 e. The molecule has 0 unspecified atom stereocenters. The second-order valence-corrected chi connectivity index (χ2v) is 7.72. The zero-order valence-electron chi connectivity index (χ0n) is 16.2. The number of nitrogens with zero attached hydrogens (tertiary/aromatic N) is 2. The van der Waals surface area contributed by atoms with E-state index in [0.717, 1.165) is 31.7 Å². The van der Waals surface area contributed by atoms with Crippen molar-refractivity contribution in [2.24, 2.45) is 5.92 Å². The quantitative estimate of drug-likeness (QED) is 0.679. The number of carbonyl (C=O) groups is 1. The average Bonchev–Trinajstić information content (AvgIpc) is 3.12. The van der Waals surface area contributed by atoms with Gasteiger partial charge in [-0.3, -0.25) is 9.69 Å². The molecule has 0 radical (unpaired) electrons. The molecule has 1 amide bonds. The van der Waals surface area contributed by atoms with Crippen LogP contribution in [-0.4, -0.2) is 62.2 Å². The molecule has 2 fully saturated rings. The van der Waals surface area contributed by atoms with Crippen molar-refractivity contribution in [1.29, 1.82) is 0 Å². The van der Waals surface area contributed by atoms with Crippen LogP contribution in [0.4, 0.5) is 0 Å². The van der Waals surface area contributed by atoms with Crippen molar-refractivity contribution in [2.45, 2.75) is 44.8 Å². The van der Waals surface area contributed by atoms with E-state index < -0.39 is 0 Å². The Balaban J connectivity index is 1.35. The number of rotatable bonds is 9. The Labute approximate surface area is 157 Å². The van der Waals surface area contributed by atoms with Gasteiger partial charge in [0, 0.05) is 27.2 Å². The molecular weight excluding hydrogens is 328 g/mol. The molecule has 26 heavy (non-hydrogen) atoms. The van der Waals surface area contributed by atoms with Gasteiger partial charge in [-0.2, -0.15) is 0 Å². The number of methoxy groups -OCH3 is 1. The normalized spacial score (nSPS) is 22.8. The number of hydrogen-bond donors (Lipinski definition) is 0. The summed E-state index contributed by atoms with van der Waals surface area (Å²) in [7, 11) is 3.51. The predicted octanol–water partition coefficient (Wildman–Crippen LogP) is 2.93. The van der Waals surface area contributed by atoms with Crippen molar-refractivity contribution < 1.29 is 14.3 Å². The van der Waals surface area contributed by atoms with Crippen LogP contribution in [0, 0.1) is 5.92 Å². The van der Waals surface area contributed by atoms with E-state index in [4.69, 9.17) is 9.47 Å². The van der Waals surface area contributed by atoms with Gasteiger partial charge in [0.05, 0.1) is 19.1 Å². The molecule has 1 aromatic rings.